The molecule has 6 bridgehead atoms. The Labute approximate surface area is 225 Å². The Hall–Kier alpha value is -3.61. The van der Waals surface area contributed by atoms with Gasteiger partial charge < -0.3 is 15.8 Å². The van der Waals surface area contributed by atoms with E-state index in [-0.39, 0.29) is 35.9 Å². The van der Waals surface area contributed by atoms with Gasteiger partial charge in [-0.15, -0.1) is 0 Å². The molecule has 2 aromatic rings. The van der Waals surface area contributed by atoms with Crippen LogP contribution in [0.3, 0.4) is 0 Å². The summed E-state index contributed by atoms with van der Waals surface area (Å²) in [6.07, 6.45) is 8.73. The number of carbonyl (C=O) groups is 2. The van der Waals surface area contributed by atoms with E-state index in [4.69, 9.17) is 10.5 Å². The Morgan fingerprint density at radius 2 is 1.92 bits per heavy atom. The number of nitrogens with one attached hydrogen (secondary N) is 1. The van der Waals surface area contributed by atoms with Gasteiger partial charge in [0.05, 0.1) is 24.7 Å². The molecule has 7 rings (SSSR count). The number of amides is 2. The number of rotatable bonds is 1. The van der Waals surface area contributed by atoms with Crippen LogP contribution in [0.4, 0.5) is 0 Å². The van der Waals surface area contributed by atoms with E-state index in [2.05, 4.69) is 47.6 Å². The fraction of sp³-hybridized carbons (Fsp3) is 0.452. The number of benzene rings is 2. The average molecular weight is 515 g/mol. The molecule has 38 heavy (non-hydrogen) atoms. The molecule has 4 aliphatic heterocycles. The van der Waals surface area contributed by atoms with Crippen molar-refractivity contribution >= 4 is 23.8 Å². The number of ether oxygens (including phenoxy) is 1. The summed E-state index contributed by atoms with van der Waals surface area (Å²) < 4.78 is 5.88. The molecule has 0 aromatic heterocycles. The van der Waals surface area contributed by atoms with Crippen molar-refractivity contribution in [2.45, 2.75) is 83.3 Å². The number of carbonyl (C=O) groups excluding carboxylic acids is 2. The van der Waals surface area contributed by atoms with E-state index in [1.807, 2.05) is 26.0 Å². The molecule has 2 aromatic carbocycles. The quantitative estimate of drug-likeness (QED) is 0.516. The van der Waals surface area contributed by atoms with Crippen LogP contribution in [0.15, 0.2) is 47.5 Å². The summed E-state index contributed by atoms with van der Waals surface area (Å²) in [7, 11) is 0. The van der Waals surface area contributed by atoms with Gasteiger partial charge in [0.2, 0.25) is 5.91 Å². The summed E-state index contributed by atoms with van der Waals surface area (Å²) in [5, 5.41) is 3.29. The molecule has 0 spiro atoms. The lowest BCUT2D eigenvalue weighted by atomic mass is 9.94. The molecule has 5 aliphatic rings. The molecule has 0 saturated heterocycles. The fourth-order valence-corrected chi connectivity index (χ4v) is 6.19. The second kappa shape index (κ2) is 11.0. The highest BCUT2D eigenvalue weighted by Crippen LogP contribution is 2.43. The number of aliphatic imine (C=N–C) groups is 1. The van der Waals surface area contributed by atoms with Crippen molar-refractivity contribution in [3.8, 4) is 5.75 Å². The number of nitrogens with zero attached hydrogens (tertiary/aromatic N) is 2. The number of allylic oxidation sites excluding steroid dienone is 1. The highest BCUT2D eigenvalue weighted by atomic mass is 16.5. The first-order chi connectivity index (χ1) is 18.5. The van der Waals surface area contributed by atoms with Gasteiger partial charge in [-0.3, -0.25) is 14.5 Å². The minimum atomic E-state index is -0.295. The first-order valence-electron chi connectivity index (χ1n) is 14.0. The predicted molar refractivity (Wildman–Crippen MR) is 150 cm³/mol. The normalized spacial score (nSPS) is 26.7. The maximum Gasteiger partial charge on any atom is 0.251 e. The summed E-state index contributed by atoms with van der Waals surface area (Å²) in [5.74, 6) is 1.23. The van der Waals surface area contributed by atoms with Gasteiger partial charge in [0.1, 0.15) is 5.75 Å². The van der Waals surface area contributed by atoms with Gasteiger partial charge in [0.15, 0.2) is 5.96 Å². The average Bonchev–Trinajstić information content (AvgIpc) is 3.28. The number of hydrogen-bond donors (Lipinski definition) is 2. The highest BCUT2D eigenvalue weighted by Gasteiger charge is 2.37. The zero-order valence-corrected chi connectivity index (χ0v) is 22.6. The van der Waals surface area contributed by atoms with E-state index < -0.39 is 0 Å². The summed E-state index contributed by atoms with van der Waals surface area (Å²) in [5.41, 5.74) is 11.4. The largest absolute Gasteiger partial charge is 0.493 e. The van der Waals surface area contributed by atoms with Crippen LogP contribution in [0, 0.1) is 0 Å². The number of guanidine groups is 1. The van der Waals surface area contributed by atoms with Crippen molar-refractivity contribution in [1.29, 1.82) is 0 Å². The Balaban J connectivity index is 0.00000144. The Morgan fingerprint density at radius 1 is 1.08 bits per heavy atom. The number of fused-ring (bicyclic) bond motifs is 4. The molecule has 200 valence electrons. The molecule has 7 nitrogen and oxygen atoms in total. The Kier molecular flexibility index (Phi) is 7.54. The third-order valence-corrected chi connectivity index (χ3v) is 8.05. The van der Waals surface area contributed by atoms with Crippen molar-refractivity contribution in [1.82, 2.24) is 10.2 Å². The van der Waals surface area contributed by atoms with Gasteiger partial charge in [-0.05, 0) is 72.6 Å². The molecular formula is C31H38N4O3. The predicted octanol–water partition coefficient (Wildman–Crippen LogP) is 5.63. The van der Waals surface area contributed by atoms with E-state index in [0.29, 0.717) is 36.7 Å². The lowest BCUT2D eigenvalue weighted by molar-refractivity contribution is -0.130. The van der Waals surface area contributed by atoms with Gasteiger partial charge in [-0.2, -0.15) is 0 Å². The van der Waals surface area contributed by atoms with Crippen LogP contribution in [-0.4, -0.2) is 35.3 Å². The summed E-state index contributed by atoms with van der Waals surface area (Å²) in [4.78, 5) is 33.0. The van der Waals surface area contributed by atoms with Crippen LogP contribution >= 0.6 is 0 Å². The van der Waals surface area contributed by atoms with Crippen molar-refractivity contribution in [2.75, 3.05) is 6.61 Å². The second-order valence-corrected chi connectivity index (χ2v) is 10.2. The van der Waals surface area contributed by atoms with Crippen LogP contribution in [0.5, 0.6) is 5.75 Å². The van der Waals surface area contributed by atoms with E-state index in [1.165, 1.54) is 11.1 Å². The van der Waals surface area contributed by atoms with E-state index >= 15 is 0 Å². The van der Waals surface area contributed by atoms with Gasteiger partial charge in [0, 0.05) is 24.0 Å². The molecule has 1 aliphatic carbocycles. The minimum Gasteiger partial charge on any atom is -0.493 e. The van der Waals surface area contributed by atoms with Crippen LogP contribution < -0.4 is 15.8 Å². The third kappa shape index (κ3) is 4.82. The molecule has 4 heterocycles. The monoisotopic (exact) mass is 514 g/mol. The fourth-order valence-electron chi connectivity index (χ4n) is 6.19. The highest BCUT2D eigenvalue weighted by molar-refractivity contribution is 5.99. The summed E-state index contributed by atoms with van der Waals surface area (Å²) in [6, 6.07) is 11.6. The molecule has 3 N–H and O–H groups in total. The second-order valence-electron chi connectivity index (χ2n) is 10.2. The molecule has 4 atom stereocenters. The van der Waals surface area contributed by atoms with Crippen LogP contribution in [-0.2, 0) is 4.79 Å². The number of nitrogens with two attached hydrogens (primary N) is 1. The molecule has 0 fully saturated rings. The standard InChI is InChI=1S/C29H32N4O3.C2H6/c1-2-18-15-24-22-13-17(7-9-21(18)22)5-3-4-6-20-16-27(34)33(29(30)31-20)25-11-12-36-26-10-8-19(14-23(25)26)28(35)32-24;1-2/h3,5,7-10,13-14,18,20,24-25H,2,4,6,11-12,15-16H2,1H3,(H2,30,31)(H,32,35);1-2H3/b5-3-;/t18?,20?,24?,25-;/m1./s1. The van der Waals surface area contributed by atoms with Crippen molar-refractivity contribution in [3.63, 3.8) is 0 Å². The molecule has 0 saturated carbocycles. The van der Waals surface area contributed by atoms with Crippen LogP contribution in [0.1, 0.15) is 110 Å². The molecule has 2 amide bonds. The molecule has 0 radical (unpaired) electrons. The smallest absolute Gasteiger partial charge is 0.251 e. The van der Waals surface area contributed by atoms with Gasteiger partial charge in [-0.1, -0.05) is 45.1 Å². The van der Waals surface area contributed by atoms with Gasteiger partial charge >= 0.3 is 0 Å². The van der Waals surface area contributed by atoms with E-state index in [9.17, 15) is 9.59 Å². The van der Waals surface area contributed by atoms with Crippen LogP contribution in [0.25, 0.3) is 6.08 Å². The summed E-state index contributed by atoms with van der Waals surface area (Å²) >= 11 is 0. The maximum atomic E-state index is 13.5. The minimum absolute atomic E-state index is 0.0258. The molecule has 3 unspecified atom stereocenters. The molecule has 7 heteroatoms. The summed E-state index contributed by atoms with van der Waals surface area (Å²) in [6.45, 7) is 6.68. The van der Waals surface area contributed by atoms with E-state index in [0.717, 1.165) is 36.8 Å². The maximum absolute atomic E-state index is 13.5. The SMILES string of the molecule is CC.CCC1CC2NC(=O)c3ccc4c(c3)[C@@H](CCO4)N3C(=O)CC(CC/C=C\c4ccc1c2c4)N=C3N. The topological polar surface area (TPSA) is 97.0 Å². The number of hydrogen-bond acceptors (Lipinski definition) is 5. The first kappa shape index (κ1) is 26.0. The zero-order chi connectivity index (χ0) is 26.8. The van der Waals surface area contributed by atoms with E-state index in [1.54, 1.807) is 11.0 Å². The lowest BCUT2D eigenvalue weighted by Gasteiger charge is -2.38. The zero-order valence-electron chi connectivity index (χ0n) is 22.6. The third-order valence-electron chi connectivity index (χ3n) is 8.05. The van der Waals surface area contributed by atoms with Crippen molar-refractivity contribution in [2.24, 2.45) is 10.7 Å². The van der Waals surface area contributed by atoms with Crippen molar-refractivity contribution < 1.29 is 14.3 Å². The molecular weight excluding hydrogens is 476 g/mol. The lowest BCUT2D eigenvalue weighted by Crippen LogP contribution is -2.50. The van der Waals surface area contributed by atoms with Crippen molar-refractivity contribution in [3.05, 3.63) is 70.3 Å². The van der Waals surface area contributed by atoms with Crippen LogP contribution in [0.2, 0.25) is 0 Å². The van der Waals surface area contributed by atoms with Gasteiger partial charge in [-0.25, -0.2) is 4.99 Å². The Bertz CT molecular complexity index is 1280. The Morgan fingerprint density at radius 3 is 2.71 bits per heavy atom. The van der Waals surface area contributed by atoms with Gasteiger partial charge in [0.25, 0.3) is 5.91 Å². The first-order valence-corrected chi connectivity index (χ1v) is 14.0.